The zero-order valence-electron chi connectivity index (χ0n) is 17.9. The lowest BCUT2D eigenvalue weighted by Gasteiger charge is -2.25. The minimum absolute atomic E-state index is 0.279. The fourth-order valence-corrected chi connectivity index (χ4v) is 3.40. The molecule has 29 heavy (non-hydrogen) atoms. The van der Waals surface area contributed by atoms with Crippen molar-refractivity contribution in [3.63, 3.8) is 0 Å². The van der Waals surface area contributed by atoms with Crippen molar-refractivity contribution in [2.75, 3.05) is 20.3 Å². The molecule has 0 fully saturated rings. The second-order valence-electron chi connectivity index (χ2n) is 6.97. The first kappa shape index (κ1) is 21.0. The number of benzene rings is 1. The van der Waals surface area contributed by atoms with Crippen LogP contribution < -0.4 is 20.1 Å². The van der Waals surface area contributed by atoms with Gasteiger partial charge in [0.2, 0.25) is 0 Å². The molecule has 3 rings (SSSR count). The van der Waals surface area contributed by atoms with Crippen molar-refractivity contribution in [1.29, 1.82) is 0 Å². The Bertz CT molecular complexity index is 833. The summed E-state index contributed by atoms with van der Waals surface area (Å²) in [5, 5.41) is 11.5. The van der Waals surface area contributed by atoms with E-state index in [0.29, 0.717) is 13.2 Å². The van der Waals surface area contributed by atoms with Crippen LogP contribution in [0.2, 0.25) is 0 Å². The van der Waals surface area contributed by atoms with Gasteiger partial charge in [-0.2, -0.15) is 5.10 Å². The summed E-state index contributed by atoms with van der Waals surface area (Å²) in [6.45, 7) is 8.89. The lowest BCUT2D eigenvalue weighted by Crippen LogP contribution is -2.47. The minimum Gasteiger partial charge on any atom is -0.493 e. The molecule has 1 unspecified atom stereocenters. The minimum atomic E-state index is 0.279. The molecule has 1 aromatic carbocycles. The molecule has 8 heteroatoms. The first-order valence-corrected chi connectivity index (χ1v) is 10.4. The van der Waals surface area contributed by atoms with Crippen LogP contribution in [0.25, 0.3) is 0 Å². The first-order valence-electron chi connectivity index (χ1n) is 10.4. The fraction of sp³-hybridized carbons (Fsp3) is 0.571. The number of methoxy groups -OCH3 is 1. The summed E-state index contributed by atoms with van der Waals surface area (Å²) in [4.78, 5) is 9.35. The summed E-state index contributed by atoms with van der Waals surface area (Å²) in [7, 11) is 1.65. The maximum Gasteiger partial charge on any atom is 0.191 e. The number of aryl methyl sites for hydroxylation is 2. The predicted octanol–water partition coefficient (Wildman–Crippen LogP) is 2.32. The third kappa shape index (κ3) is 5.40. The standard InChI is InChI=1S/C21H32N6O2/c1-5-19-25-20-11-9-16(14-27(20)26-19)24-21(22-6-2)23-13-15-8-10-17(28-4)18(12-15)29-7-3/h8,10,12,16H,5-7,9,11,13-14H2,1-4H3,(H2,22,23,24). The monoisotopic (exact) mass is 400 g/mol. The van der Waals surface area contributed by atoms with E-state index in [1.807, 2.05) is 29.8 Å². The smallest absolute Gasteiger partial charge is 0.191 e. The van der Waals surface area contributed by atoms with E-state index in [0.717, 1.165) is 67.0 Å². The van der Waals surface area contributed by atoms with E-state index in [2.05, 4.69) is 34.6 Å². The Kier molecular flexibility index (Phi) is 7.32. The molecule has 0 bridgehead atoms. The Balaban J connectivity index is 1.66. The highest BCUT2D eigenvalue weighted by atomic mass is 16.5. The predicted molar refractivity (Wildman–Crippen MR) is 114 cm³/mol. The molecule has 0 radical (unpaired) electrons. The van der Waals surface area contributed by atoms with Gasteiger partial charge in [0.1, 0.15) is 5.82 Å². The van der Waals surface area contributed by atoms with Gasteiger partial charge in [0.05, 0.1) is 26.8 Å². The highest BCUT2D eigenvalue weighted by molar-refractivity contribution is 5.80. The van der Waals surface area contributed by atoms with Gasteiger partial charge in [0.25, 0.3) is 0 Å². The molecule has 8 nitrogen and oxygen atoms in total. The third-order valence-electron chi connectivity index (χ3n) is 4.85. The molecule has 0 spiro atoms. The number of nitrogens with zero attached hydrogens (tertiary/aromatic N) is 4. The third-order valence-corrected chi connectivity index (χ3v) is 4.85. The number of hydrogen-bond acceptors (Lipinski definition) is 5. The largest absolute Gasteiger partial charge is 0.493 e. The maximum atomic E-state index is 5.67. The van der Waals surface area contributed by atoms with E-state index >= 15 is 0 Å². The molecule has 1 aliphatic rings. The molecular weight excluding hydrogens is 368 g/mol. The molecule has 1 aliphatic heterocycles. The molecule has 2 aromatic rings. The number of hydrogen-bond donors (Lipinski definition) is 2. The Morgan fingerprint density at radius 2 is 2.14 bits per heavy atom. The molecule has 0 saturated carbocycles. The summed E-state index contributed by atoms with van der Waals surface area (Å²) in [6.07, 6.45) is 2.82. The van der Waals surface area contributed by atoms with Crippen LogP contribution in [0.15, 0.2) is 23.2 Å². The van der Waals surface area contributed by atoms with Gasteiger partial charge in [0, 0.05) is 25.4 Å². The molecule has 158 valence electrons. The number of aromatic nitrogens is 3. The lowest BCUT2D eigenvalue weighted by molar-refractivity contribution is 0.310. The average molecular weight is 401 g/mol. The van der Waals surface area contributed by atoms with Gasteiger partial charge in [-0.1, -0.05) is 13.0 Å². The van der Waals surface area contributed by atoms with E-state index in [4.69, 9.17) is 14.5 Å². The van der Waals surface area contributed by atoms with Crippen LogP contribution in [0.1, 0.15) is 44.4 Å². The van der Waals surface area contributed by atoms with E-state index in [1.54, 1.807) is 7.11 Å². The van der Waals surface area contributed by atoms with Crippen molar-refractivity contribution in [1.82, 2.24) is 25.4 Å². The van der Waals surface area contributed by atoms with E-state index in [-0.39, 0.29) is 6.04 Å². The van der Waals surface area contributed by atoms with Crippen LogP contribution in [0, 0.1) is 0 Å². The van der Waals surface area contributed by atoms with Gasteiger partial charge >= 0.3 is 0 Å². The molecule has 2 heterocycles. The molecule has 0 aliphatic carbocycles. The first-order chi connectivity index (χ1) is 14.2. The number of nitrogens with one attached hydrogen (secondary N) is 2. The number of ether oxygens (including phenoxy) is 2. The second-order valence-corrected chi connectivity index (χ2v) is 6.97. The molecule has 2 N–H and O–H groups in total. The highest BCUT2D eigenvalue weighted by Crippen LogP contribution is 2.28. The fourth-order valence-electron chi connectivity index (χ4n) is 3.40. The van der Waals surface area contributed by atoms with Crippen LogP contribution in [-0.4, -0.2) is 47.0 Å². The van der Waals surface area contributed by atoms with Crippen molar-refractivity contribution >= 4 is 5.96 Å². The average Bonchev–Trinajstić information content (AvgIpc) is 3.15. The van der Waals surface area contributed by atoms with Crippen LogP contribution in [0.4, 0.5) is 0 Å². The summed E-state index contributed by atoms with van der Waals surface area (Å²) in [5.41, 5.74) is 1.07. The maximum absolute atomic E-state index is 5.67. The van der Waals surface area contributed by atoms with E-state index in [9.17, 15) is 0 Å². The Labute approximate surface area is 172 Å². The van der Waals surface area contributed by atoms with E-state index in [1.165, 1.54) is 0 Å². The van der Waals surface area contributed by atoms with Crippen LogP contribution in [0.3, 0.4) is 0 Å². The zero-order valence-corrected chi connectivity index (χ0v) is 17.9. The van der Waals surface area contributed by atoms with Crippen molar-refractivity contribution in [3.05, 3.63) is 35.4 Å². The molecule has 0 saturated heterocycles. The van der Waals surface area contributed by atoms with Crippen molar-refractivity contribution in [2.45, 2.75) is 59.2 Å². The molecule has 1 aromatic heterocycles. The molecule has 1 atom stereocenters. The Morgan fingerprint density at radius 1 is 1.28 bits per heavy atom. The highest BCUT2D eigenvalue weighted by Gasteiger charge is 2.22. The van der Waals surface area contributed by atoms with Gasteiger partial charge < -0.3 is 20.1 Å². The normalized spacial score (nSPS) is 16.3. The number of rotatable bonds is 8. The SMILES string of the molecule is CCNC(=NCc1ccc(OC)c(OCC)c1)NC1CCc2nc(CC)nn2C1. The van der Waals surface area contributed by atoms with Gasteiger partial charge in [0.15, 0.2) is 23.3 Å². The van der Waals surface area contributed by atoms with Crippen LogP contribution in [0.5, 0.6) is 11.5 Å². The number of fused-ring (bicyclic) bond motifs is 1. The van der Waals surface area contributed by atoms with Gasteiger partial charge in [-0.25, -0.2) is 14.7 Å². The van der Waals surface area contributed by atoms with Gasteiger partial charge in [-0.05, 0) is 38.0 Å². The second kappa shape index (κ2) is 10.1. The van der Waals surface area contributed by atoms with Gasteiger partial charge in [-0.3, -0.25) is 0 Å². The van der Waals surface area contributed by atoms with Crippen LogP contribution >= 0.6 is 0 Å². The van der Waals surface area contributed by atoms with Crippen LogP contribution in [-0.2, 0) is 25.9 Å². The summed E-state index contributed by atoms with van der Waals surface area (Å²) < 4.78 is 13.1. The van der Waals surface area contributed by atoms with Crippen molar-refractivity contribution < 1.29 is 9.47 Å². The topological polar surface area (TPSA) is 85.6 Å². The van der Waals surface area contributed by atoms with E-state index < -0.39 is 0 Å². The van der Waals surface area contributed by atoms with Gasteiger partial charge in [-0.15, -0.1) is 0 Å². The zero-order chi connectivity index (χ0) is 20.6. The Morgan fingerprint density at radius 3 is 2.86 bits per heavy atom. The summed E-state index contributed by atoms with van der Waals surface area (Å²) >= 11 is 0. The van der Waals surface area contributed by atoms with Crippen molar-refractivity contribution in [2.24, 2.45) is 4.99 Å². The quantitative estimate of drug-likeness (QED) is 0.522. The van der Waals surface area contributed by atoms with Crippen molar-refractivity contribution in [3.8, 4) is 11.5 Å². The molecular formula is C21H32N6O2. The lowest BCUT2D eigenvalue weighted by atomic mass is 10.1. The Hall–Kier alpha value is -2.77. The summed E-state index contributed by atoms with van der Waals surface area (Å²) in [5.74, 6) is 4.31. The molecule has 0 amide bonds. The number of aliphatic imine (C=N–C) groups is 1. The number of guanidine groups is 1. The summed E-state index contributed by atoms with van der Waals surface area (Å²) in [6, 6.07) is 6.21.